The molecule has 2 fully saturated rings. The monoisotopic (exact) mass is 464 g/mol. The summed E-state index contributed by atoms with van der Waals surface area (Å²) in [7, 11) is -7.63. The average Bonchev–Trinajstić information content (AvgIpc) is 3.29. The summed E-state index contributed by atoms with van der Waals surface area (Å²) in [4.78, 5) is 0.314. The topological polar surface area (TPSA) is 102 Å². The molecule has 1 heterocycles. The molecule has 0 bridgehead atoms. The first-order valence-electron chi connectivity index (χ1n) is 10.4. The first-order chi connectivity index (χ1) is 14.7. The first kappa shape index (κ1) is 22.4. The van der Waals surface area contributed by atoms with Gasteiger partial charge >= 0.3 is 0 Å². The molecule has 4 rings (SSSR count). The van der Waals surface area contributed by atoms with Gasteiger partial charge in [-0.1, -0.05) is 35.4 Å². The average molecular weight is 465 g/mol. The molecule has 1 saturated carbocycles. The Hall–Kier alpha value is -1.78. The predicted octanol–water partition coefficient (Wildman–Crippen LogP) is 2.21. The van der Waals surface area contributed by atoms with Crippen LogP contribution in [0, 0.1) is 31.6 Å². The van der Waals surface area contributed by atoms with Crippen LogP contribution in [0.25, 0.3) is 0 Å². The van der Waals surface area contributed by atoms with Gasteiger partial charge in [-0.05, 0) is 69.5 Å². The Balaban J connectivity index is 1.51. The quantitative estimate of drug-likeness (QED) is 0.610. The lowest BCUT2D eigenvalue weighted by Gasteiger charge is -2.25. The van der Waals surface area contributed by atoms with E-state index < -0.39 is 20.1 Å². The number of benzene rings is 2. The highest BCUT2D eigenvalue weighted by Gasteiger charge is 2.47. The lowest BCUT2D eigenvalue weighted by atomic mass is 9.97. The highest BCUT2D eigenvalue weighted by atomic mass is 32.2. The summed E-state index contributed by atoms with van der Waals surface area (Å²) >= 11 is 0. The summed E-state index contributed by atoms with van der Waals surface area (Å²) in [6, 6.07) is 12.8. The van der Waals surface area contributed by atoms with Crippen molar-refractivity contribution in [3.05, 3.63) is 59.7 Å². The Morgan fingerprint density at radius 2 is 1.48 bits per heavy atom. The van der Waals surface area contributed by atoms with Crippen molar-refractivity contribution in [3.8, 4) is 0 Å². The maximum Gasteiger partial charge on any atom is 0.296 e. The molecule has 31 heavy (non-hydrogen) atoms. The largest absolute Gasteiger partial charge is 0.316 e. The molecular weight excluding hydrogens is 436 g/mol. The van der Waals surface area contributed by atoms with Crippen molar-refractivity contribution in [3.63, 3.8) is 0 Å². The maximum atomic E-state index is 13.0. The minimum absolute atomic E-state index is 0.0513. The third-order valence-corrected chi connectivity index (χ3v) is 9.11. The molecule has 0 unspecified atom stereocenters. The molecule has 0 aromatic heterocycles. The zero-order valence-electron chi connectivity index (χ0n) is 17.6. The second-order valence-corrected chi connectivity index (χ2v) is 11.9. The van der Waals surface area contributed by atoms with Crippen LogP contribution in [-0.4, -0.2) is 42.6 Å². The van der Waals surface area contributed by atoms with E-state index in [2.05, 4.69) is 10.0 Å². The third kappa shape index (κ3) is 4.85. The molecule has 2 aliphatic rings. The van der Waals surface area contributed by atoms with E-state index in [9.17, 15) is 16.8 Å². The molecule has 2 aromatic rings. The summed E-state index contributed by atoms with van der Waals surface area (Å²) in [5, 5.41) is 3.32. The fourth-order valence-electron chi connectivity index (χ4n) is 4.59. The summed E-state index contributed by atoms with van der Waals surface area (Å²) in [6.07, 6.45) is 0.710. The van der Waals surface area contributed by atoms with Crippen LogP contribution in [0.15, 0.2) is 58.3 Å². The van der Waals surface area contributed by atoms with Gasteiger partial charge in [-0.3, -0.25) is 4.18 Å². The molecule has 1 aliphatic carbocycles. The number of aryl methyl sites for hydroxylation is 2. The van der Waals surface area contributed by atoms with Crippen LogP contribution in [0.5, 0.6) is 0 Å². The molecular formula is C22H28N2O5S2. The van der Waals surface area contributed by atoms with Crippen LogP contribution >= 0.6 is 0 Å². The summed E-state index contributed by atoms with van der Waals surface area (Å²) in [6.45, 7) is 5.23. The molecule has 0 radical (unpaired) electrons. The standard InChI is InChI=1S/C22H28N2O5S2/c1-15-3-7-19(8-4-15)30(25,26)24-22-18(11-17-12-23-13-21(17)22)14-29-31(27,28)20-9-5-16(2)6-10-20/h3-10,17-18,21-24H,11-14H2,1-2H3/t17-,18+,21+,22+/m0/s1. The Morgan fingerprint density at radius 1 is 0.903 bits per heavy atom. The van der Waals surface area contributed by atoms with Crippen molar-refractivity contribution < 1.29 is 21.0 Å². The molecule has 7 nitrogen and oxygen atoms in total. The van der Waals surface area contributed by atoms with Crippen molar-refractivity contribution in [1.29, 1.82) is 0 Å². The van der Waals surface area contributed by atoms with Crippen LogP contribution in [0.2, 0.25) is 0 Å². The normalized spacial score (nSPS) is 26.1. The van der Waals surface area contributed by atoms with Crippen LogP contribution in [0.4, 0.5) is 0 Å². The van der Waals surface area contributed by atoms with Gasteiger partial charge in [0, 0.05) is 12.0 Å². The Morgan fingerprint density at radius 3 is 2.10 bits per heavy atom. The van der Waals surface area contributed by atoms with Gasteiger partial charge in [0.15, 0.2) is 0 Å². The van der Waals surface area contributed by atoms with Gasteiger partial charge in [0.05, 0.1) is 16.4 Å². The molecule has 1 saturated heterocycles. The van der Waals surface area contributed by atoms with E-state index in [-0.39, 0.29) is 34.3 Å². The maximum absolute atomic E-state index is 13.0. The van der Waals surface area contributed by atoms with Gasteiger partial charge in [0.2, 0.25) is 10.0 Å². The van der Waals surface area contributed by atoms with E-state index in [0.29, 0.717) is 18.9 Å². The Kier molecular flexibility index (Phi) is 6.24. The lowest BCUT2D eigenvalue weighted by molar-refractivity contribution is 0.228. The molecule has 168 valence electrons. The fraction of sp³-hybridized carbons (Fsp3) is 0.455. The molecule has 2 N–H and O–H groups in total. The fourth-order valence-corrected chi connectivity index (χ4v) is 6.90. The summed E-state index contributed by atoms with van der Waals surface area (Å²) < 4.78 is 59.5. The molecule has 1 aliphatic heterocycles. The van der Waals surface area contributed by atoms with E-state index in [1.54, 1.807) is 36.4 Å². The van der Waals surface area contributed by atoms with Crippen molar-refractivity contribution in [2.75, 3.05) is 19.7 Å². The van der Waals surface area contributed by atoms with Crippen molar-refractivity contribution in [2.24, 2.45) is 17.8 Å². The van der Waals surface area contributed by atoms with Crippen molar-refractivity contribution in [2.45, 2.75) is 36.1 Å². The van der Waals surface area contributed by atoms with Gasteiger partial charge in [0.25, 0.3) is 10.1 Å². The van der Waals surface area contributed by atoms with E-state index in [0.717, 1.165) is 17.7 Å². The molecule has 2 aromatic carbocycles. The molecule has 0 amide bonds. The number of rotatable bonds is 7. The minimum Gasteiger partial charge on any atom is -0.316 e. The highest BCUT2D eigenvalue weighted by molar-refractivity contribution is 7.89. The number of hydrogen-bond acceptors (Lipinski definition) is 6. The van der Waals surface area contributed by atoms with Gasteiger partial charge in [0.1, 0.15) is 0 Å². The van der Waals surface area contributed by atoms with E-state index >= 15 is 0 Å². The number of nitrogens with one attached hydrogen (secondary N) is 2. The SMILES string of the molecule is Cc1ccc(S(=O)(=O)N[C@@H]2[C@@H](COS(=O)(=O)c3ccc(C)cc3)C[C@H]3CNC[C@H]32)cc1. The summed E-state index contributed by atoms with van der Waals surface area (Å²) in [5.74, 6) is 0.176. The second-order valence-electron chi connectivity index (χ2n) is 8.59. The minimum atomic E-state index is -3.91. The Bertz CT molecular complexity index is 1130. The van der Waals surface area contributed by atoms with Crippen LogP contribution in [0.3, 0.4) is 0 Å². The van der Waals surface area contributed by atoms with E-state index in [1.807, 2.05) is 13.8 Å². The predicted molar refractivity (Wildman–Crippen MR) is 118 cm³/mol. The first-order valence-corrected chi connectivity index (χ1v) is 13.3. The van der Waals surface area contributed by atoms with Crippen LogP contribution in [-0.2, 0) is 24.3 Å². The van der Waals surface area contributed by atoms with Crippen molar-refractivity contribution >= 4 is 20.1 Å². The molecule has 4 atom stereocenters. The van der Waals surface area contributed by atoms with Gasteiger partial charge < -0.3 is 5.32 Å². The van der Waals surface area contributed by atoms with Gasteiger partial charge in [-0.15, -0.1) is 0 Å². The molecule has 9 heteroatoms. The molecule has 0 spiro atoms. The van der Waals surface area contributed by atoms with Crippen LogP contribution in [0.1, 0.15) is 17.5 Å². The number of sulfonamides is 1. The van der Waals surface area contributed by atoms with E-state index in [4.69, 9.17) is 4.18 Å². The van der Waals surface area contributed by atoms with Gasteiger partial charge in [-0.25, -0.2) is 13.1 Å². The lowest BCUT2D eigenvalue weighted by Crippen LogP contribution is -2.44. The zero-order valence-corrected chi connectivity index (χ0v) is 19.2. The second kappa shape index (κ2) is 8.63. The summed E-state index contributed by atoms with van der Waals surface area (Å²) in [5.41, 5.74) is 1.94. The zero-order chi connectivity index (χ0) is 22.2. The van der Waals surface area contributed by atoms with E-state index in [1.165, 1.54) is 12.1 Å². The number of hydrogen-bond donors (Lipinski definition) is 2. The smallest absolute Gasteiger partial charge is 0.296 e. The van der Waals surface area contributed by atoms with Crippen molar-refractivity contribution in [1.82, 2.24) is 10.0 Å². The Labute approximate surface area is 184 Å². The highest BCUT2D eigenvalue weighted by Crippen LogP contribution is 2.40. The number of fused-ring (bicyclic) bond motifs is 1. The third-order valence-electron chi connectivity index (χ3n) is 6.34. The van der Waals surface area contributed by atoms with Gasteiger partial charge in [-0.2, -0.15) is 8.42 Å². The van der Waals surface area contributed by atoms with Crippen LogP contribution < -0.4 is 10.0 Å².